The lowest BCUT2D eigenvalue weighted by atomic mass is 9.93. The fourth-order valence-corrected chi connectivity index (χ4v) is 5.00. The molecule has 0 radical (unpaired) electrons. The van der Waals surface area contributed by atoms with E-state index in [4.69, 9.17) is 24.9 Å². The smallest absolute Gasteiger partial charge is 0.253 e. The molecule has 0 aromatic heterocycles. The number of ether oxygens (including phenoxy) is 3. The summed E-state index contributed by atoms with van der Waals surface area (Å²) < 4.78 is 18.0. The molecule has 2 aliphatic heterocycles. The number of nitrogens with zero attached hydrogens (tertiary/aromatic N) is 2. The van der Waals surface area contributed by atoms with E-state index in [1.807, 2.05) is 29.2 Å². The van der Waals surface area contributed by atoms with Crippen molar-refractivity contribution in [1.82, 2.24) is 9.80 Å². The molecule has 8 heteroatoms. The van der Waals surface area contributed by atoms with Crippen molar-refractivity contribution in [2.75, 3.05) is 46.0 Å². The molecule has 1 amide bonds. The highest BCUT2D eigenvalue weighted by Gasteiger charge is 2.33. The second-order valence-electron chi connectivity index (χ2n) is 9.95. The zero-order valence-electron chi connectivity index (χ0n) is 20.5. The van der Waals surface area contributed by atoms with Crippen molar-refractivity contribution in [3.63, 3.8) is 0 Å². The number of hydrogen-bond donors (Lipinski definition) is 1. The standard InChI is InChI=1S/C26H39N3O5/c1-19(2)15-29(17-21-7-8-23-24(14-21)32-11-4-10-31-23)26(30)25-18-28(9-12-33-25)16-20-5-3-6-22(13-20)34-27/h3,5-7,13,19,23-25H,4,8-12,14-18,27H2,1-2H3/t23?,24?,25-/m1/s1. The Balaban J connectivity index is 1.38. The predicted molar refractivity (Wildman–Crippen MR) is 129 cm³/mol. The Hall–Kier alpha value is -1.97. The van der Waals surface area contributed by atoms with E-state index in [9.17, 15) is 4.79 Å². The fraction of sp³-hybridized carbons (Fsp3) is 0.654. The lowest BCUT2D eigenvalue weighted by Crippen LogP contribution is -2.52. The first-order valence-corrected chi connectivity index (χ1v) is 12.5. The monoisotopic (exact) mass is 473 g/mol. The Bertz CT molecular complexity index is 845. The van der Waals surface area contributed by atoms with Gasteiger partial charge in [0.05, 0.1) is 18.8 Å². The quantitative estimate of drug-likeness (QED) is 0.459. The third-order valence-electron chi connectivity index (χ3n) is 6.63. The van der Waals surface area contributed by atoms with E-state index >= 15 is 0 Å². The Morgan fingerprint density at radius 1 is 1.21 bits per heavy atom. The van der Waals surface area contributed by atoms with Gasteiger partial charge in [-0.05, 0) is 42.9 Å². The average molecular weight is 474 g/mol. The van der Waals surface area contributed by atoms with Crippen molar-refractivity contribution < 1.29 is 23.8 Å². The second-order valence-corrected chi connectivity index (χ2v) is 9.95. The minimum absolute atomic E-state index is 0.0681. The normalized spacial score (nSPS) is 25.9. The Kier molecular flexibility index (Phi) is 8.97. The third kappa shape index (κ3) is 6.79. The van der Waals surface area contributed by atoms with E-state index in [1.54, 1.807) is 0 Å². The zero-order valence-corrected chi connectivity index (χ0v) is 20.5. The summed E-state index contributed by atoms with van der Waals surface area (Å²) >= 11 is 0. The van der Waals surface area contributed by atoms with Gasteiger partial charge in [0.15, 0.2) is 0 Å². The van der Waals surface area contributed by atoms with Crippen LogP contribution in [0.3, 0.4) is 0 Å². The highest BCUT2D eigenvalue weighted by molar-refractivity contribution is 5.81. The summed E-state index contributed by atoms with van der Waals surface area (Å²) in [6, 6.07) is 7.73. The first kappa shape index (κ1) is 25.1. The minimum Gasteiger partial charge on any atom is -0.412 e. The molecule has 0 spiro atoms. The van der Waals surface area contributed by atoms with Crippen molar-refractivity contribution in [2.24, 2.45) is 11.8 Å². The lowest BCUT2D eigenvalue weighted by molar-refractivity contribution is -0.150. The number of carbonyl (C=O) groups is 1. The van der Waals surface area contributed by atoms with Gasteiger partial charge in [0.2, 0.25) is 0 Å². The summed E-state index contributed by atoms with van der Waals surface area (Å²) in [6.07, 6.45) is 4.63. The molecule has 1 aliphatic carbocycles. The van der Waals surface area contributed by atoms with Crippen molar-refractivity contribution >= 4 is 5.91 Å². The Morgan fingerprint density at radius 3 is 2.82 bits per heavy atom. The number of morpholine rings is 1. The molecule has 1 aromatic rings. The molecule has 2 fully saturated rings. The molecule has 3 atom stereocenters. The van der Waals surface area contributed by atoms with Crippen molar-refractivity contribution in [1.29, 1.82) is 0 Å². The number of rotatable bonds is 8. The zero-order chi connectivity index (χ0) is 23.9. The SMILES string of the molecule is CC(C)CN(CC1=CCC2OCCCOC2C1)C(=O)[C@H]1CN(Cc2cccc(ON)c2)CCO1. The Morgan fingerprint density at radius 2 is 2.03 bits per heavy atom. The minimum atomic E-state index is -0.462. The van der Waals surface area contributed by atoms with Crippen LogP contribution < -0.4 is 10.7 Å². The van der Waals surface area contributed by atoms with E-state index in [0.717, 1.165) is 51.1 Å². The van der Waals surface area contributed by atoms with Gasteiger partial charge in [0.25, 0.3) is 5.91 Å². The largest absolute Gasteiger partial charge is 0.412 e. The number of carbonyl (C=O) groups excluding carboxylic acids is 1. The van der Waals surface area contributed by atoms with E-state index < -0.39 is 6.10 Å². The molecule has 2 saturated heterocycles. The van der Waals surface area contributed by atoms with Crippen molar-refractivity contribution in [3.8, 4) is 5.75 Å². The molecule has 4 rings (SSSR count). The molecule has 2 unspecified atom stereocenters. The molecule has 0 bridgehead atoms. The van der Waals surface area contributed by atoms with Gasteiger partial charge < -0.3 is 23.9 Å². The maximum absolute atomic E-state index is 13.6. The van der Waals surface area contributed by atoms with Gasteiger partial charge >= 0.3 is 0 Å². The van der Waals surface area contributed by atoms with Gasteiger partial charge in [-0.2, -0.15) is 5.90 Å². The van der Waals surface area contributed by atoms with Crippen molar-refractivity contribution in [2.45, 2.75) is 58.0 Å². The maximum atomic E-state index is 13.6. The van der Waals surface area contributed by atoms with Crippen LogP contribution in [-0.4, -0.2) is 80.0 Å². The van der Waals surface area contributed by atoms with Gasteiger partial charge in [-0.1, -0.05) is 37.6 Å². The maximum Gasteiger partial charge on any atom is 0.253 e. The molecule has 188 valence electrons. The predicted octanol–water partition coefficient (Wildman–Crippen LogP) is 2.52. The number of benzene rings is 1. The molecular formula is C26H39N3O5. The molecule has 34 heavy (non-hydrogen) atoms. The van der Waals surface area contributed by atoms with Crippen LogP contribution in [0.2, 0.25) is 0 Å². The highest BCUT2D eigenvalue weighted by Crippen LogP contribution is 2.27. The summed E-state index contributed by atoms with van der Waals surface area (Å²) in [4.78, 5) is 22.7. The van der Waals surface area contributed by atoms with Crippen LogP contribution in [0.4, 0.5) is 0 Å². The summed E-state index contributed by atoms with van der Waals surface area (Å²) in [5, 5.41) is 0. The second kappa shape index (κ2) is 12.1. The Labute approximate surface area is 202 Å². The number of hydrogen-bond acceptors (Lipinski definition) is 7. The molecule has 3 aliphatic rings. The van der Waals surface area contributed by atoms with E-state index in [-0.39, 0.29) is 18.1 Å². The number of nitrogens with two attached hydrogens (primary N) is 1. The first-order valence-electron chi connectivity index (χ1n) is 12.5. The van der Waals surface area contributed by atoms with Gasteiger partial charge in [-0.15, -0.1) is 0 Å². The van der Waals surface area contributed by atoms with E-state index in [2.05, 4.69) is 24.8 Å². The first-order chi connectivity index (χ1) is 16.5. The topological polar surface area (TPSA) is 86.5 Å². The van der Waals surface area contributed by atoms with E-state index in [1.165, 1.54) is 5.57 Å². The van der Waals surface area contributed by atoms with Crippen LogP contribution in [0.1, 0.15) is 38.7 Å². The fourth-order valence-electron chi connectivity index (χ4n) is 5.00. The van der Waals surface area contributed by atoms with Gasteiger partial charge in [0.1, 0.15) is 11.9 Å². The molecule has 2 heterocycles. The molecule has 0 saturated carbocycles. The molecule has 8 nitrogen and oxygen atoms in total. The molecule has 1 aromatic carbocycles. The van der Waals surface area contributed by atoms with Crippen LogP contribution in [0.25, 0.3) is 0 Å². The van der Waals surface area contributed by atoms with Crippen LogP contribution in [-0.2, 0) is 25.5 Å². The molecular weight excluding hydrogens is 434 g/mol. The molecule has 2 N–H and O–H groups in total. The third-order valence-corrected chi connectivity index (χ3v) is 6.63. The summed E-state index contributed by atoms with van der Waals surface area (Å²) in [7, 11) is 0. The summed E-state index contributed by atoms with van der Waals surface area (Å²) in [5.41, 5.74) is 2.36. The van der Waals surface area contributed by atoms with Crippen LogP contribution >= 0.6 is 0 Å². The van der Waals surface area contributed by atoms with Crippen LogP contribution in [0, 0.1) is 5.92 Å². The average Bonchev–Trinajstić information content (AvgIpc) is 3.08. The highest BCUT2D eigenvalue weighted by atomic mass is 16.6. The van der Waals surface area contributed by atoms with Crippen LogP contribution in [0.5, 0.6) is 5.75 Å². The number of fused-ring (bicyclic) bond motifs is 1. The van der Waals surface area contributed by atoms with Gasteiger partial charge in [0, 0.05) is 45.9 Å². The van der Waals surface area contributed by atoms with Gasteiger partial charge in [-0.3, -0.25) is 9.69 Å². The van der Waals surface area contributed by atoms with Crippen LogP contribution in [0.15, 0.2) is 35.9 Å². The van der Waals surface area contributed by atoms with Crippen molar-refractivity contribution in [3.05, 3.63) is 41.5 Å². The summed E-state index contributed by atoms with van der Waals surface area (Å²) in [6.45, 7) is 9.75. The number of amides is 1. The van der Waals surface area contributed by atoms with Gasteiger partial charge in [-0.25, -0.2) is 0 Å². The lowest BCUT2D eigenvalue weighted by Gasteiger charge is -2.37. The van der Waals surface area contributed by atoms with E-state index in [0.29, 0.717) is 37.9 Å². The summed E-state index contributed by atoms with van der Waals surface area (Å²) in [5.74, 6) is 6.38.